The molecule has 2 aliphatic heterocycles. The summed E-state index contributed by atoms with van der Waals surface area (Å²) in [4.78, 5) is 14.6. The Hall–Kier alpha value is -2.75. The van der Waals surface area contributed by atoms with E-state index in [0.29, 0.717) is 18.6 Å². The molecule has 2 fully saturated rings. The van der Waals surface area contributed by atoms with E-state index < -0.39 is 32.9 Å². The number of fused-ring (bicyclic) bond motifs is 2. The number of amides is 2. The maximum absolute atomic E-state index is 13.3. The number of ether oxygens (including phenoxy) is 1. The smallest absolute Gasteiger partial charge is 0.418 e. The zero-order valence-electron chi connectivity index (χ0n) is 17.3. The Labute approximate surface area is 184 Å². The van der Waals surface area contributed by atoms with Crippen LogP contribution in [0.4, 0.5) is 23.7 Å². The minimum Gasteiger partial charge on any atom is -0.497 e. The van der Waals surface area contributed by atoms with Crippen LogP contribution in [0.15, 0.2) is 53.4 Å². The lowest BCUT2D eigenvalue weighted by molar-refractivity contribution is -0.136. The van der Waals surface area contributed by atoms with E-state index in [-0.39, 0.29) is 35.5 Å². The fourth-order valence-corrected chi connectivity index (χ4v) is 6.54. The second-order valence-corrected chi connectivity index (χ2v) is 10.3. The van der Waals surface area contributed by atoms with E-state index in [2.05, 4.69) is 5.32 Å². The van der Waals surface area contributed by atoms with Gasteiger partial charge >= 0.3 is 12.2 Å². The van der Waals surface area contributed by atoms with Crippen molar-refractivity contribution in [2.24, 2.45) is 0 Å². The van der Waals surface area contributed by atoms with Crippen molar-refractivity contribution < 1.29 is 31.1 Å². The first-order valence-corrected chi connectivity index (χ1v) is 11.8. The van der Waals surface area contributed by atoms with Gasteiger partial charge in [0.25, 0.3) is 0 Å². The molecular formula is C22H23F3N2O4S. The molecule has 0 aromatic heterocycles. The molecule has 32 heavy (non-hydrogen) atoms. The van der Waals surface area contributed by atoms with Crippen LogP contribution in [0.3, 0.4) is 0 Å². The summed E-state index contributed by atoms with van der Waals surface area (Å²) in [5, 5.41) is 1.74. The Morgan fingerprint density at radius 1 is 1.03 bits per heavy atom. The van der Waals surface area contributed by atoms with Crippen LogP contribution in [0.5, 0.6) is 5.75 Å². The standard InChI is InChI=1S/C22H23F3N2O4S/c1-31-16-8-10-17(11-9-16)32(29,30)18-12-14-6-7-15(13-18)27(14)21(28)26-20-5-3-2-4-19(20)22(23,24)25/h2-5,8-11,14-15,18H,6-7,12-13H2,1H3,(H,26,28). The number of halogens is 3. The third kappa shape index (κ3) is 4.15. The van der Waals surface area contributed by atoms with Crippen molar-refractivity contribution in [2.75, 3.05) is 12.4 Å². The minimum absolute atomic E-state index is 0.194. The highest BCUT2D eigenvalue weighted by atomic mass is 32.2. The summed E-state index contributed by atoms with van der Waals surface area (Å²) >= 11 is 0. The number of anilines is 1. The number of sulfone groups is 1. The number of hydrogen-bond donors (Lipinski definition) is 1. The molecule has 2 heterocycles. The van der Waals surface area contributed by atoms with Crippen molar-refractivity contribution in [2.45, 2.75) is 54.1 Å². The van der Waals surface area contributed by atoms with Gasteiger partial charge in [0.05, 0.1) is 28.5 Å². The van der Waals surface area contributed by atoms with Crippen molar-refractivity contribution in [3.63, 3.8) is 0 Å². The number of methoxy groups -OCH3 is 1. The van der Waals surface area contributed by atoms with Crippen LogP contribution in [0.1, 0.15) is 31.2 Å². The van der Waals surface area contributed by atoms with Gasteiger partial charge in [-0.2, -0.15) is 13.2 Å². The van der Waals surface area contributed by atoms with Gasteiger partial charge in [0, 0.05) is 12.1 Å². The number of nitrogens with zero attached hydrogens (tertiary/aromatic N) is 1. The molecule has 2 aliphatic rings. The van der Waals surface area contributed by atoms with E-state index in [1.165, 1.54) is 42.3 Å². The Morgan fingerprint density at radius 2 is 1.62 bits per heavy atom. The zero-order valence-corrected chi connectivity index (χ0v) is 18.1. The first-order chi connectivity index (χ1) is 15.1. The second kappa shape index (κ2) is 8.31. The summed E-state index contributed by atoms with van der Waals surface area (Å²) in [6.45, 7) is 0. The highest BCUT2D eigenvalue weighted by Crippen LogP contribution is 2.41. The van der Waals surface area contributed by atoms with Gasteiger partial charge < -0.3 is 15.0 Å². The lowest BCUT2D eigenvalue weighted by atomic mass is 10.0. The van der Waals surface area contributed by atoms with Crippen LogP contribution in [-0.4, -0.2) is 43.8 Å². The minimum atomic E-state index is -4.59. The molecule has 172 valence electrons. The molecule has 2 amide bonds. The molecule has 4 rings (SSSR count). The van der Waals surface area contributed by atoms with E-state index in [1.54, 1.807) is 12.1 Å². The van der Waals surface area contributed by atoms with Crippen LogP contribution in [-0.2, 0) is 16.0 Å². The molecule has 0 spiro atoms. The first kappa shape index (κ1) is 22.4. The monoisotopic (exact) mass is 468 g/mol. The fraction of sp³-hybridized carbons (Fsp3) is 0.409. The highest BCUT2D eigenvalue weighted by Gasteiger charge is 2.47. The number of benzene rings is 2. The van der Waals surface area contributed by atoms with Gasteiger partial charge in [0.2, 0.25) is 0 Å². The average molecular weight is 468 g/mol. The molecule has 6 nitrogen and oxygen atoms in total. The Morgan fingerprint density at radius 3 is 2.19 bits per heavy atom. The van der Waals surface area contributed by atoms with E-state index in [1.807, 2.05) is 0 Å². The summed E-state index contributed by atoms with van der Waals surface area (Å²) in [6.07, 6.45) is -2.86. The first-order valence-electron chi connectivity index (χ1n) is 10.2. The van der Waals surface area contributed by atoms with Crippen LogP contribution in [0.25, 0.3) is 0 Å². The number of para-hydroxylation sites is 1. The van der Waals surface area contributed by atoms with E-state index >= 15 is 0 Å². The molecule has 1 N–H and O–H groups in total. The zero-order chi connectivity index (χ0) is 23.1. The molecule has 2 saturated heterocycles. The SMILES string of the molecule is COc1ccc(S(=O)(=O)C2CC3CCC(C2)N3C(=O)Nc2ccccc2C(F)(F)F)cc1. The molecular weight excluding hydrogens is 445 g/mol. The van der Waals surface area contributed by atoms with Crippen LogP contribution in [0, 0.1) is 0 Å². The summed E-state index contributed by atoms with van der Waals surface area (Å²) in [6, 6.07) is 9.67. The number of carbonyl (C=O) groups excluding carboxylic acids is 1. The molecule has 2 aromatic rings. The van der Waals surface area contributed by atoms with Crippen molar-refractivity contribution in [1.29, 1.82) is 0 Å². The number of urea groups is 1. The number of nitrogens with one attached hydrogen (secondary N) is 1. The molecule has 0 radical (unpaired) electrons. The van der Waals surface area contributed by atoms with Crippen LogP contribution in [0.2, 0.25) is 0 Å². The maximum atomic E-state index is 13.3. The van der Waals surface area contributed by atoms with Crippen molar-refractivity contribution in [1.82, 2.24) is 4.90 Å². The Balaban J connectivity index is 1.51. The third-order valence-electron chi connectivity index (χ3n) is 6.23. The van der Waals surface area contributed by atoms with Crippen molar-refractivity contribution >= 4 is 21.6 Å². The number of alkyl halides is 3. The topological polar surface area (TPSA) is 75.7 Å². The van der Waals surface area contributed by atoms with Gasteiger partial charge in [0.1, 0.15) is 5.75 Å². The molecule has 2 unspecified atom stereocenters. The van der Waals surface area contributed by atoms with Gasteiger partial charge in [-0.15, -0.1) is 0 Å². The lowest BCUT2D eigenvalue weighted by Gasteiger charge is -2.38. The summed E-state index contributed by atoms with van der Waals surface area (Å²) < 4.78 is 71.1. The predicted octanol–water partition coefficient (Wildman–Crippen LogP) is 4.72. The van der Waals surface area contributed by atoms with Crippen molar-refractivity contribution in [3.8, 4) is 5.75 Å². The summed E-state index contributed by atoms with van der Waals surface area (Å²) in [5.74, 6) is 0.551. The molecule has 2 aromatic carbocycles. The van der Waals surface area contributed by atoms with Crippen LogP contribution < -0.4 is 10.1 Å². The summed E-state index contributed by atoms with van der Waals surface area (Å²) in [7, 11) is -2.11. The number of piperidine rings is 1. The molecule has 10 heteroatoms. The Kier molecular flexibility index (Phi) is 5.83. The fourth-order valence-electron chi connectivity index (χ4n) is 4.69. The maximum Gasteiger partial charge on any atom is 0.418 e. The van der Waals surface area contributed by atoms with Gasteiger partial charge in [-0.3, -0.25) is 0 Å². The second-order valence-electron chi connectivity index (χ2n) is 8.08. The number of rotatable bonds is 4. The molecule has 2 bridgehead atoms. The lowest BCUT2D eigenvalue weighted by Crippen LogP contribution is -2.51. The van der Waals surface area contributed by atoms with E-state index in [4.69, 9.17) is 4.74 Å². The molecule has 0 aliphatic carbocycles. The van der Waals surface area contributed by atoms with Gasteiger partial charge in [-0.25, -0.2) is 13.2 Å². The van der Waals surface area contributed by atoms with Gasteiger partial charge in [-0.05, 0) is 62.1 Å². The number of carbonyl (C=O) groups is 1. The predicted molar refractivity (Wildman–Crippen MR) is 112 cm³/mol. The Bertz CT molecular complexity index is 1090. The number of hydrogen-bond acceptors (Lipinski definition) is 4. The van der Waals surface area contributed by atoms with Crippen molar-refractivity contribution in [3.05, 3.63) is 54.1 Å². The largest absolute Gasteiger partial charge is 0.497 e. The highest BCUT2D eigenvalue weighted by molar-refractivity contribution is 7.92. The molecule has 0 saturated carbocycles. The quantitative estimate of drug-likeness (QED) is 0.705. The third-order valence-corrected chi connectivity index (χ3v) is 8.42. The van der Waals surface area contributed by atoms with Crippen LogP contribution >= 0.6 is 0 Å². The summed E-state index contributed by atoms with van der Waals surface area (Å²) in [5.41, 5.74) is -1.23. The van der Waals surface area contributed by atoms with E-state index in [0.717, 1.165) is 6.07 Å². The average Bonchev–Trinajstić information content (AvgIpc) is 3.02. The van der Waals surface area contributed by atoms with E-state index in [9.17, 15) is 26.4 Å². The van der Waals surface area contributed by atoms with Gasteiger partial charge in [0.15, 0.2) is 9.84 Å². The van der Waals surface area contributed by atoms with Gasteiger partial charge in [-0.1, -0.05) is 12.1 Å². The normalized spacial score (nSPS) is 23.1. The molecule has 2 atom stereocenters.